The molecule has 1 N–H and O–H groups in total. The molecule has 16 heavy (non-hydrogen) atoms. The Labute approximate surface area is 114 Å². The molecule has 0 aliphatic carbocycles. The minimum absolute atomic E-state index is 0. The summed E-state index contributed by atoms with van der Waals surface area (Å²) in [5.74, 6) is 0.144. The molecular formula is C10H14BrClN2OS. The van der Waals surface area contributed by atoms with Crippen molar-refractivity contribution in [1.29, 1.82) is 0 Å². The molecule has 0 aromatic carbocycles. The largest absolute Gasteiger partial charge is 0.333 e. The summed E-state index contributed by atoms with van der Waals surface area (Å²) in [6.07, 6.45) is 0. The first-order valence-corrected chi connectivity index (χ1v) is 6.61. The Morgan fingerprint density at radius 3 is 3.00 bits per heavy atom. The van der Waals surface area contributed by atoms with Crippen molar-refractivity contribution in [1.82, 2.24) is 10.2 Å². The molecule has 6 heteroatoms. The molecule has 0 unspecified atom stereocenters. The topological polar surface area (TPSA) is 32.3 Å². The Bertz CT molecular complexity index is 371. The van der Waals surface area contributed by atoms with E-state index in [1.54, 1.807) is 11.3 Å². The van der Waals surface area contributed by atoms with E-state index in [0.29, 0.717) is 0 Å². The van der Waals surface area contributed by atoms with E-state index in [2.05, 4.69) is 28.2 Å². The Morgan fingerprint density at radius 2 is 2.44 bits per heavy atom. The van der Waals surface area contributed by atoms with Crippen LogP contribution in [0.15, 0.2) is 15.2 Å². The monoisotopic (exact) mass is 324 g/mol. The van der Waals surface area contributed by atoms with Crippen molar-refractivity contribution in [3.8, 4) is 0 Å². The van der Waals surface area contributed by atoms with Crippen LogP contribution in [0.4, 0.5) is 0 Å². The second kappa shape index (κ2) is 6.00. The molecule has 3 nitrogen and oxygen atoms in total. The molecular weight excluding hydrogens is 312 g/mol. The zero-order valence-corrected chi connectivity index (χ0v) is 12.1. The highest BCUT2D eigenvalue weighted by Gasteiger charge is 2.24. The number of hydrogen-bond donors (Lipinski definition) is 1. The van der Waals surface area contributed by atoms with Gasteiger partial charge in [0.15, 0.2) is 0 Å². The van der Waals surface area contributed by atoms with Crippen LogP contribution in [0.5, 0.6) is 0 Å². The third kappa shape index (κ3) is 2.97. The summed E-state index contributed by atoms with van der Waals surface area (Å²) in [6.45, 7) is 4.65. The number of carbonyl (C=O) groups is 1. The highest BCUT2D eigenvalue weighted by atomic mass is 79.9. The number of nitrogens with one attached hydrogen (secondary N) is 1. The number of carbonyl (C=O) groups excluding carboxylic acids is 1. The minimum atomic E-state index is 0. The summed E-state index contributed by atoms with van der Waals surface area (Å²) in [5, 5.41) is 5.18. The van der Waals surface area contributed by atoms with Gasteiger partial charge in [0.2, 0.25) is 0 Å². The summed E-state index contributed by atoms with van der Waals surface area (Å²) >= 11 is 4.93. The van der Waals surface area contributed by atoms with Gasteiger partial charge in [-0.25, -0.2) is 0 Å². The molecule has 1 atom stereocenters. The van der Waals surface area contributed by atoms with Gasteiger partial charge in [-0.3, -0.25) is 4.79 Å². The first-order chi connectivity index (χ1) is 7.18. The second-order valence-electron chi connectivity index (χ2n) is 3.69. The molecule has 1 fully saturated rings. The van der Waals surface area contributed by atoms with Crippen molar-refractivity contribution in [2.75, 3.05) is 19.6 Å². The van der Waals surface area contributed by atoms with Gasteiger partial charge in [-0.05, 0) is 28.9 Å². The first-order valence-electron chi connectivity index (χ1n) is 4.94. The van der Waals surface area contributed by atoms with E-state index in [0.717, 1.165) is 29.0 Å². The van der Waals surface area contributed by atoms with Gasteiger partial charge in [0.1, 0.15) is 0 Å². The van der Waals surface area contributed by atoms with Crippen LogP contribution in [0.1, 0.15) is 17.3 Å². The van der Waals surface area contributed by atoms with Crippen LogP contribution in [-0.4, -0.2) is 36.5 Å². The predicted octanol–water partition coefficient (Wildman–Crippen LogP) is 2.37. The highest BCUT2D eigenvalue weighted by molar-refractivity contribution is 9.11. The smallest absolute Gasteiger partial charge is 0.255 e. The number of nitrogens with zero attached hydrogens (tertiary/aromatic N) is 1. The fraction of sp³-hybridized carbons (Fsp3) is 0.500. The number of piperazine rings is 1. The van der Waals surface area contributed by atoms with Crippen LogP contribution in [0.25, 0.3) is 0 Å². The molecule has 0 saturated carbocycles. The lowest BCUT2D eigenvalue weighted by Gasteiger charge is -2.33. The summed E-state index contributed by atoms with van der Waals surface area (Å²) in [6, 6.07) is 2.17. The van der Waals surface area contributed by atoms with Gasteiger partial charge in [-0.1, -0.05) is 0 Å². The Kier molecular flexibility index (Phi) is 5.24. The van der Waals surface area contributed by atoms with Crippen LogP contribution in [0, 0.1) is 0 Å². The van der Waals surface area contributed by atoms with E-state index in [1.165, 1.54) is 0 Å². The van der Waals surface area contributed by atoms with Gasteiger partial charge in [0, 0.05) is 31.1 Å². The average Bonchev–Trinajstić information content (AvgIpc) is 2.65. The fourth-order valence-electron chi connectivity index (χ4n) is 1.73. The van der Waals surface area contributed by atoms with Crippen LogP contribution in [0.2, 0.25) is 0 Å². The van der Waals surface area contributed by atoms with E-state index in [9.17, 15) is 4.79 Å². The minimum Gasteiger partial charge on any atom is -0.333 e. The zero-order chi connectivity index (χ0) is 10.8. The van der Waals surface area contributed by atoms with Crippen molar-refractivity contribution in [2.45, 2.75) is 13.0 Å². The second-order valence-corrected chi connectivity index (χ2v) is 5.98. The van der Waals surface area contributed by atoms with Gasteiger partial charge in [0.05, 0.1) is 9.35 Å². The predicted molar refractivity (Wildman–Crippen MR) is 72.6 cm³/mol. The van der Waals surface area contributed by atoms with Crippen LogP contribution in [-0.2, 0) is 0 Å². The lowest BCUT2D eigenvalue weighted by molar-refractivity contribution is 0.0656. The molecule has 1 aliphatic heterocycles. The quantitative estimate of drug-likeness (QED) is 0.860. The van der Waals surface area contributed by atoms with Crippen molar-refractivity contribution >= 4 is 45.6 Å². The van der Waals surface area contributed by atoms with Gasteiger partial charge in [-0.2, -0.15) is 0 Å². The standard InChI is InChI=1S/C10H13BrN2OS.ClH/c1-7-5-12-2-3-13(7)10(14)8-4-9(11)15-6-8;/h4,6-7,12H,2-3,5H2,1H3;1H/t7-;/m1./s1. The number of amides is 1. The summed E-state index contributed by atoms with van der Waals surface area (Å²) in [5.41, 5.74) is 0.792. The molecule has 1 aromatic rings. The average molecular weight is 326 g/mol. The van der Waals surface area contributed by atoms with E-state index >= 15 is 0 Å². The van der Waals surface area contributed by atoms with E-state index < -0.39 is 0 Å². The van der Waals surface area contributed by atoms with Crippen molar-refractivity contribution in [3.63, 3.8) is 0 Å². The van der Waals surface area contributed by atoms with E-state index in [4.69, 9.17) is 0 Å². The first kappa shape index (κ1) is 14.0. The maximum absolute atomic E-state index is 12.1. The fourth-order valence-corrected chi connectivity index (χ4v) is 2.86. The normalized spacial score (nSPS) is 20.4. The molecule has 1 aliphatic rings. The third-order valence-electron chi connectivity index (χ3n) is 2.58. The molecule has 90 valence electrons. The third-order valence-corrected chi connectivity index (χ3v) is 4.08. The molecule has 2 rings (SSSR count). The lowest BCUT2D eigenvalue weighted by atomic mass is 10.2. The molecule has 0 spiro atoms. The van der Waals surface area contributed by atoms with E-state index in [1.807, 2.05) is 16.3 Å². The van der Waals surface area contributed by atoms with Crippen molar-refractivity contribution < 1.29 is 4.79 Å². The molecule has 1 aromatic heterocycles. The summed E-state index contributed by atoms with van der Waals surface area (Å²) in [4.78, 5) is 14.0. The zero-order valence-electron chi connectivity index (χ0n) is 8.90. The van der Waals surface area contributed by atoms with Crippen LogP contribution < -0.4 is 5.32 Å². The van der Waals surface area contributed by atoms with Gasteiger partial charge < -0.3 is 10.2 Å². The lowest BCUT2D eigenvalue weighted by Crippen LogP contribution is -2.52. The molecule has 1 amide bonds. The highest BCUT2D eigenvalue weighted by Crippen LogP contribution is 2.22. The molecule has 0 bridgehead atoms. The number of rotatable bonds is 1. The molecule has 0 radical (unpaired) electrons. The molecule has 2 heterocycles. The summed E-state index contributed by atoms with van der Waals surface area (Å²) < 4.78 is 1.01. The SMILES string of the molecule is C[C@@H]1CNCCN1C(=O)c1csc(Br)c1.Cl. The van der Waals surface area contributed by atoms with Crippen molar-refractivity contribution in [2.24, 2.45) is 0 Å². The van der Waals surface area contributed by atoms with Crippen LogP contribution in [0.3, 0.4) is 0 Å². The van der Waals surface area contributed by atoms with Crippen molar-refractivity contribution in [3.05, 3.63) is 20.8 Å². The number of hydrogen-bond acceptors (Lipinski definition) is 3. The summed E-state index contributed by atoms with van der Waals surface area (Å²) in [7, 11) is 0. The maximum atomic E-state index is 12.1. The Morgan fingerprint density at radius 1 is 1.69 bits per heavy atom. The van der Waals surface area contributed by atoms with Gasteiger partial charge >= 0.3 is 0 Å². The van der Waals surface area contributed by atoms with Gasteiger partial charge in [0.25, 0.3) is 5.91 Å². The molecule has 1 saturated heterocycles. The maximum Gasteiger partial charge on any atom is 0.255 e. The van der Waals surface area contributed by atoms with Crippen LogP contribution >= 0.6 is 39.7 Å². The number of halogens is 2. The van der Waals surface area contributed by atoms with Gasteiger partial charge in [-0.15, -0.1) is 23.7 Å². The Hall–Kier alpha value is -0.100. The number of thiophene rings is 1. The Balaban J connectivity index is 0.00000128. The van der Waals surface area contributed by atoms with E-state index in [-0.39, 0.29) is 24.4 Å².